The van der Waals surface area contributed by atoms with Crippen LogP contribution in [0.2, 0.25) is 0 Å². The van der Waals surface area contributed by atoms with E-state index < -0.39 is 0 Å². The topological polar surface area (TPSA) is 37.3 Å². The van der Waals surface area contributed by atoms with Gasteiger partial charge in [0.05, 0.1) is 5.56 Å². The molecule has 18 heavy (non-hydrogen) atoms. The van der Waals surface area contributed by atoms with Crippen LogP contribution in [0.15, 0.2) is 48.5 Å². The largest absolute Gasteiger partial charge is 0.507 e. The van der Waals surface area contributed by atoms with Crippen molar-refractivity contribution in [1.82, 2.24) is 0 Å². The quantitative estimate of drug-likeness (QED) is 0.653. The molecular weight excluding hydrogens is 224 g/mol. The Kier molecular flexibility index (Phi) is 3.58. The second-order valence-electron chi connectivity index (χ2n) is 4.08. The summed E-state index contributed by atoms with van der Waals surface area (Å²) >= 11 is 0. The molecule has 0 saturated heterocycles. The van der Waals surface area contributed by atoms with Gasteiger partial charge in [-0.1, -0.05) is 48.6 Å². The molecule has 0 saturated carbocycles. The van der Waals surface area contributed by atoms with Gasteiger partial charge in [0.2, 0.25) is 0 Å². The maximum absolute atomic E-state index is 11.3. The van der Waals surface area contributed by atoms with Crippen LogP contribution < -0.4 is 0 Å². The predicted octanol–water partition coefficient (Wildman–Crippen LogP) is 3.77. The summed E-state index contributed by atoms with van der Waals surface area (Å²) in [7, 11) is 0. The molecule has 0 atom stereocenters. The number of Topliss-reactive ketones (excluding diaryl/α,β-unsaturated/α-hetero) is 1. The van der Waals surface area contributed by atoms with Crippen molar-refractivity contribution in [3.05, 3.63) is 65.2 Å². The number of ketones is 1. The molecule has 0 heterocycles. The van der Waals surface area contributed by atoms with Gasteiger partial charge in [-0.25, -0.2) is 0 Å². The van der Waals surface area contributed by atoms with E-state index in [4.69, 9.17) is 0 Å². The second kappa shape index (κ2) is 5.32. The van der Waals surface area contributed by atoms with Crippen LogP contribution in [0.5, 0.6) is 5.75 Å². The van der Waals surface area contributed by atoms with Gasteiger partial charge in [-0.3, -0.25) is 4.79 Å². The molecule has 1 N–H and O–H groups in total. The fourth-order valence-corrected chi connectivity index (χ4v) is 1.70. The molecule has 2 heteroatoms. The lowest BCUT2D eigenvalue weighted by molar-refractivity contribution is 0.101. The first-order valence-electron chi connectivity index (χ1n) is 5.74. The van der Waals surface area contributed by atoms with Crippen LogP contribution >= 0.6 is 0 Å². The summed E-state index contributed by atoms with van der Waals surface area (Å²) in [5.41, 5.74) is 2.34. The number of phenols is 1. The minimum Gasteiger partial charge on any atom is -0.507 e. The number of aromatic hydroxyl groups is 1. The van der Waals surface area contributed by atoms with Gasteiger partial charge in [0.1, 0.15) is 5.75 Å². The molecule has 0 amide bonds. The van der Waals surface area contributed by atoms with Gasteiger partial charge in [-0.15, -0.1) is 0 Å². The average Bonchev–Trinajstić information content (AvgIpc) is 2.38. The van der Waals surface area contributed by atoms with E-state index in [0.717, 1.165) is 11.1 Å². The maximum atomic E-state index is 11.3. The van der Waals surface area contributed by atoms with Gasteiger partial charge in [-0.05, 0) is 30.2 Å². The zero-order valence-corrected chi connectivity index (χ0v) is 10.1. The van der Waals surface area contributed by atoms with Crippen molar-refractivity contribution >= 4 is 17.9 Å². The predicted molar refractivity (Wildman–Crippen MR) is 73.5 cm³/mol. The van der Waals surface area contributed by atoms with Crippen molar-refractivity contribution in [1.29, 1.82) is 0 Å². The highest BCUT2D eigenvalue weighted by molar-refractivity contribution is 5.97. The molecule has 0 aromatic heterocycles. The summed E-state index contributed by atoms with van der Waals surface area (Å²) in [6, 6.07) is 14.9. The highest BCUT2D eigenvalue weighted by Gasteiger charge is 2.05. The molecule has 0 aliphatic heterocycles. The maximum Gasteiger partial charge on any atom is 0.163 e. The van der Waals surface area contributed by atoms with E-state index in [1.165, 1.54) is 6.92 Å². The standard InChI is InChI=1S/C16H14O2/c1-12(17)15-11-14(9-10-16(15)18)8-7-13-5-3-2-4-6-13/h2-11,18H,1H3/b8-7+. The van der Waals surface area contributed by atoms with Crippen LogP contribution in [0.4, 0.5) is 0 Å². The first-order valence-corrected chi connectivity index (χ1v) is 5.74. The number of hydrogen-bond donors (Lipinski definition) is 1. The van der Waals surface area contributed by atoms with Crippen LogP contribution in [0.25, 0.3) is 12.2 Å². The van der Waals surface area contributed by atoms with E-state index in [9.17, 15) is 9.90 Å². The van der Waals surface area contributed by atoms with Crippen molar-refractivity contribution in [3.8, 4) is 5.75 Å². The van der Waals surface area contributed by atoms with Gasteiger partial charge in [0.25, 0.3) is 0 Å². The molecule has 0 radical (unpaired) electrons. The number of phenolic OH excluding ortho intramolecular Hbond substituents is 1. The van der Waals surface area contributed by atoms with Crippen LogP contribution in [0.3, 0.4) is 0 Å². The lowest BCUT2D eigenvalue weighted by atomic mass is 10.1. The molecule has 2 aromatic carbocycles. The first-order chi connectivity index (χ1) is 8.66. The van der Waals surface area contributed by atoms with E-state index in [2.05, 4.69) is 0 Å². The van der Waals surface area contributed by atoms with Crippen molar-refractivity contribution in [2.75, 3.05) is 0 Å². The Labute approximate surface area is 106 Å². The van der Waals surface area contributed by atoms with E-state index in [1.807, 2.05) is 42.5 Å². The number of carbonyl (C=O) groups excluding carboxylic acids is 1. The molecule has 90 valence electrons. The Morgan fingerprint density at radius 1 is 1.00 bits per heavy atom. The number of hydrogen-bond acceptors (Lipinski definition) is 2. The van der Waals surface area contributed by atoms with Crippen molar-refractivity contribution < 1.29 is 9.90 Å². The Bertz CT molecular complexity index is 583. The van der Waals surface area contributed by atoms with Gasteiger partial charge in [0, 0.05) is 0 Å². The Hall–Kier alpha value is -2.35. The number of carbonyl (C=O) groups is 1. The third-order valence-corrected chi connectivity index (χ3v) is 2.67. The van der Waals surface area contributed by atoms with Crippen molar-refractivity contribution in [3.63, 3.8) is 0 Å². The molecule has 2 nitrogen and oxygen atoms in total. The fraction of sp³-hybridized carbons (Fsp3) is 0.0625. The molecule has 0 spiro atoms. The smallest absolute Gasteiger partial charge is 0.163 e. The lowest BCUT2D eigenvalue weighted by Gasteiger charge is -2.01. The first kappa shape index (κ1) is 12.1. The molecule has 0 aliphatic rings. The van der Waals surface area contributed by atoms with Crippen LogP contribution in [-0.2, 0) is 0 Å². The SMILES string of the molecule is CC(=O)c1cc(/C=C/c2ccccc2)ccc1O. The normalized spacial score (nSPS) is 10.7. The van der Waals surface area contributed by atoms with Crippen molar-refractivity contribution in [2.24, 2.45) is 0 Å². The zero-order chi connectivity index (χ0) is 13.0. The Balaban J connectivity index is 2.28. The van der Waals surface area contributed by atoms with Gasteiger partial charge < -0.3 is 5.11 Å². The summed E-state index contributed by atoms with van der Waals surface area (Å²) in [5, 5.41) is 9.55. The molecule has 0 fully saturated rings. The average molecular weight is 238 g/mol. The summed E-state index contributed by atoms with van der Waals surface area (Å²) in [5.74, 6) is -0.109. The number of benzene rings is 2. The van der Waals surface area contributed by atoms with Gasteiger partial charge >= 0.3 is 0 Å². The Morgan fingerprint density at radius 2 is 1.67 bits per heavy atom. The monoisotopic (exact) mass is 238 g/mol. The minimum atomic E-state index is -0.137. The highest BCUT2D eigenvalue weighted by Crippen LogP contribution is 2.20. The molecule has 0 bridgehead atoms. The summed E-state index contributed by atoms with van der Waals surface area (Å²) in [4.78, 5) is 11.3. The van der Waals surface area contributed by atoms with E-state index in [-0.39, 0.29) is 11.5 Å². The minimum absolute atomic E-state index is 0.0272. The van der Waals surface area contributed by atoms with Crippen LogP contribution in [0, 0.1) is 0 Å². The molecule has 0 aliphatic carbocycles. The Morgan fingerprint density at radius 3 is 2.33 bits per heavy atom. The van der Waals surface area contributed by atoms with Gasteiger partial charge in [-0.2, -0.15) is 0 Å². The molecular formula is C16H14O2. The third-order valence-electron chi connectivity index (χ3n) is 2.67. The number of rotatable bonds is 3. The summed E-state index contributed by atoms with van der Waals surface area (Å²) in [6.07, 6.45) is 3.89. The lowest BCUT2D eigenvalue weighted by Crippen LogP contribution is -1.92. The van der Waals surface area contributed by atoms with E-state index in [1.54, 1.807) is 18.2 Å². The second-order valence-corrected chi connectivity index (χ2v) is 4.08. The van der Waals surface area contributed by atoms with Crippen LogP contribution in [-0.4, -0.2) is 10.9 Å². The summed E-state index contributed by atoms with van der Waals surface area (Å²) < 4.78 is 0. The van der Waals surface area contributed by atoms with E-state index in [0.29, 0.717) is 5.56 Å². The van der Waals surface area contributed by atoms with Crippen LogP contribution in [0.1, 0.15) is 28.4 Å². The highest BCUT2D eigenvalue weighted by atomic mass is 16.3. The fourth-order valence-electron chi connectivity index (χ4n) is 1.70. The molecule has 0 unspecified atom stereocenters. The van der Waals surface area contributed by atoms with E-state index >= 15 is 0 Å². The zero-order valence-electron chi connectivity index (χ0n) is 10.1. The molecule has 2 rings (SSSR count). The third kappa shape index (κ3) is 2.86. The van der Waals surface area contributed by atoms with Gasteiger partial charge in [0.15, 0.2) is 5.78 Å². The summed E-state index contributed by atoms with van der Waals surface area (Å²) in [6.45, 7) is 1.44. The van der Waals surface area contributed by atoms with Crippen molar-refractivity contribution in [2.45, 2.75) is 6.92 Å². The molecule has 2 aromatic rings.